The topological polar surface area (TPSA) is 136 Å². The van der Waals surface area contributed by atoms with Gasteiger partial charge in [-0.25, -0.2) is 14.4 Å². The Morgan fingerprint density at radius 3 is 2.52 bits per heavy atom. The molecule has 10 heteroatoms. The summed E-state index contributed by atoms with van der Waals surface area (Å²) in [6.45, 7) is 0. The van der Waals surface area contributed by atoms with Gasteiger partial charge in [-0.15, -0.1) is 11.3 Å². The van der Waals surface area contributed by atoms with Gasteiger partial charge in [-0.05, 0) is 29.8 Å². The van der Waals surface area contributed by atoms with E-state index in [1.54, 1.807) is 48.0 Å². The van der Waals surface area contributed by atoms with Crippen LogP contribution in [0.15, 0.2) is 60.1 Å². The lowest BCUT2D eigenvalue weighted by Gasteiger charge is -2.18. The van der Waals surface area contributed by atoms with Crippen molar-refractivity contribution in [1.29, 1.82) is 0 Å². The van der Waals surface area contributed by atoms with Gasteiger partial charge in [-0.3, -0.25) is 9.59 Å². The third-order valence-electron chi connectivity index (χ3n) is 4.53. The summed E-state index contributed by atoms with van der Waals surface area (Å²) < 4.78 is 15.6. The van der Waals surface area contributed by atoms with Crippen LogP contribution >= 0.6 is 11.3 Å². The van der Waals surface area contributed by atoms with E-state index >= 15 is 0 Å². The third-order valence-corrected chi connectivity index (χ3v) is 5.33. The van der Waals surface area contributed by atoms with Crippen molar-refractivity contribution in [2.75, 3.05) is 10.6 Å². The first-order valence-corrected chi connectivity index (χ1v) is 10.0. The average molecular weight is 436 g/mol. The molecule has 2 amide bonds. The molecular weight excluding hydrogens is 419 g/mol. The van der Waals surface area contributed by atoms with Crippen LogP contribution in [0.5, 0.6) is 0 Å². The molecule has 0 radical (unpaired) electrons. The van der Waals surface area contributed by atoms with Gasteiger partial charge >= 0.3 is 0 Å². The number of hydrogen-bond donors (Lipinski definition) is 4. The van der Waals surface area contributed by atoms with E-state index in [9.17, 15) is 14.0 Å². The van der Waals surface area contributed by atoms with Crippen LogP contribution in [-0.4, -0.2) is 21.8 Å². The van der Waals surface area contributed by atoms with E-state index in [-0.39, 0.29) is 17.2 Å². The van der Waals surface area contributed by atoms with Gasteiger partial charge in [0.05, 0.1) is 21.3 Å². The Hall–Kier alpha value is -4.05. The van der Waals surface area contributed by atoms with E-state index in [0.29, 0.717) is 11.3 Å². The zero-order valence-electron chi connectivity index (χ0n) is 16.0. The van der Waals surface area contributed by atoms with E-state index in [2.05, 4.69) is 20.6 Å². The molecule has 4 aromatic rings. The number of thiazole rings is 1. The second kappa shape index (κ2) is 8.36. The van der Waals surface area contributed by atoms with Gasteiger partial charge in [0, 0.05) is 5.69 Å². The number of pyridine rings is 1. The number of fused-ring (bicyclic) bond motifs is 1. The molecule has 8 nitrogen and oxygen atoms in total. The number of nitrogens with one attached hydrogen (secondary N) is 2. The number of halogens is 1. The summed E-state index contributed by atoms with van der Waals surface area (Å²) in [5.41, 5.74) is 14.5. The van der Waals surface area contributed by atoms with Gasteiger partial charge in [-0.1, -0.05) is 30.3 Å². The van der Waals surface area contributed by atoms with Crippen molar-refractivity contribution in [2.24, 2.45) is 11.5 Å². The molecule has 2 heterocycles. The molecule has 6 N–H and O–H groups in total. The van der Waals surface area contributed by atoms with Crippen LogP contribution in [0, 0.1) is 5.82 Å². The zero-order valence-corrected chi connectivity index (χ0v) is 16.8. The van der Waals surface area contributed by atoms with Crippen molar-refractivity contribution in [3.63, 3.8) is 0 Å². The van der Waals surface area contributed by atoms with E-state index in [1.165, 1.54) is 11.3 Å². The molecule has 2 aromatic carbocycles. The lowest BCUT2D eigenvalue weighted by molar-refractivity contribution is -0.118. The van der Waals surface area contributed by atoms with Gasteiger partial charge in [0.15, 0.2) is 11.6 Å². The van der Waals surface area contributed by atoms with Crippen molar-refractivity contribution in [3.05, 3.63) is 77.1 Å². The predicted molar refractivity (Wildman–Crippen MR) is 118 cm³/mol. The molecule has 4 rings (SSSR count). The molecule has 0 saturated heterocycles. The Balaban J connectivity index is 1.71. The maximum absolute atomic E-state index is 14.7. The number of nitrogens with two attached hydrogens (primary N) is 2. The standard InChI is InChI=1S/C21H17FN6O2S/c22-14-9-13(18(23)29)20(26-12-6-7-15-16(8-12)31-10-25-15)28-21(14)27-17(19(24)30)11-4-2-1-3-5-11/h1-10,17H,(H2,23,29)(H2,24,30)(H2,26,27,28). The van der Waals surface area contributed by atoms with Gasteiger partial charge in [0.1, 0.15) is 11.9 Å². The molecular formula is C21H17FN6O2S. The Labute approximate surface area is 180 Å². The quantitative estimate of drug-likeness (QED) is 0.351. The summed E-state index contributed by atoms with van der Waals surface area (Å²) in [4.78, 5) is 32.3. The molecule has 1 unspecified atom stereocenters. The fourth-order valence-corrected chi connectivity index (χ4v) is 3.76. The maximum atomic E-state index is 14.7. The lowest BCUT2D eigenvalue weighted by atomic mass is 10.1. The van der Waals surface area contributed by atoms with Crippen molar-refractivity contribution < 1.29 is 14.0 Å². The molecule has 0 aliphatic carbocycles. The molecule has 31 heavy (non-hydrogen) atoms. The molecule has 0 fully saturated rings. The molecule has 0 aliphatic rings. The summed E-state index contributed by atoms with van der Waals surface area (Å²) in [6.07, 6.45) is 0. The number of carbonyl (C=O) groups excluding carboxylic acids is 2. The van der Waals surface area contributed by atoms with Gasteiger partial charge in [-0.2, -0.15) is 0 Å². The predicted octanol–water partition coefficient (Wildman–Crippen LogP) is 3.31. The van der Waals surface area contributed by atoms with Crippen LogP contribution in [0.3, 0.4) is 0 Å². The molecule has 156 valence electrons. The highest BCUT2D eigenvalue weighted by Crippen LogP contribution is 2.28. The molecule has 0 aliphatic heterocycles. The van der Waals surface area contributed by atoms with Crippen LogP contribution in [0.1, 0.15) is 22.0 Å². The number of aromatic nitrogens is 2. The Morgan fingerprint density at radius 2 is 1.81 bits per heavy atom. The molecule has 0 saturated carbocycles. The van der Waals surface area contributed by atoms with Crippen LogP contribution < -0.4 is 22.1 Å². The number of hydrogen-bond acceptors (Lipinski definition) is 7. The van der Waals surface area contributed by atoms with Gasteiger partial charge in [0.2, 0.25) is 5.91 Å². The normalized spacial score (nSPS) is 11.8. The van der Waals surface area contributed by atoms with E-state index < -0.39 is 23.7 Å². The number of nitrogens with zero attached hydrogens (tertiary/aromatic N) is 2. The van der Waals surface area contributed by atoms with Gasteiger partial charge in [0.25, 0.3) is 5.91 Å². The first-order chi connectivity index (χ1) is 14.9. The first-order valence-electron chi connectivity index (χ1n) is 9.14. The van der Waals surface area contributed by atoms with E-state index in [0.717, 1.165) is 16.3 Å². The molecule has 0 spiro atoms. The highest BCUT2D eigenvalue weighted by Gasteiger charge is 2.22. The minimum absolute atomic E-state index is 0.0385. The Kier molecular flexibility index (Phi) is 5.46. The smallest absolute Gasteiger partial charge is 0.252 e. The van der Waals surface area contributed by atoms with Crippen molar-refractivity contribution in [3.8, 4) is 0 Å². The van der Waals surface area contributed by atoms with Crippen molar-refractivity contribution >= 4 is 50.7 Å². The third kappa shape index (κ3) is 4.28. The minimum Gasteiger partial charge on any atom is -0.368 e. The van der Waals surface area contributed by atoms with E-state index in [1.807, 2.05) is 6.07 Å². The fourth-order valence-electron chi connectivity index (χ4n) is 3.04. The summed E-state index contributed by atoms with van der Waals surface area (Å²) >= 11 is 1.45. The second-order valence-corrected chi connectivity index (χ2v) is 7.52. The van der Waals surface area contributed by atoms with Crippen LogP contribution in [0.2, 0.25) is 0 Å². The van der Waals surface area contributed by atoms with Crippen LogP contribution in [-0.2, 0) is 4.79 Å². The van der Waals surface area contributed by atoms with E-state index in [4.69, 9.17) is 11.5 Å². The number of anilines is 3. The largest absolute Gasteiger partial charge is 0.368 e. The number of benzene rings is 2. The maximum Gasteiger partial charge on any atom is 0.252 e. The second-order valence-electron chi connectivity index (χ2n) is 6.63. The highest BCUT2D eigenvalue weighted by molar-refractivity contribution is 7.16. The lowest BCUT2D eigenvalue weighted by Crippen LogP contribution is -2.28. The monoisotopic (exact) mass is 436 g/mol. The number of primary amides is 2. The minimum atomic E-state index is -1.02. The summed E-state index contributed by atoms with van der Waals surface area (Å²) in [7, 11) is 0. The number of rotatable bonds is 7. The molecule has 1 atom stereocenters. The van der Waals surface area contributed by atoms with Crippen molar-refractivity contribution in [2.45, 2.75) is 6.04 Å². The summed E-state index contributed by atoms with van der Waals surface area (Å²) in [5.74, 6) is -2.62. The fraction of sp³-hybridized carbons (Fsp3) is 0.0476. The number of carbonyl (C=O) groups is 2. The molecule has 0 bridgehead atoms. The Morgan fingerprint density at radius 1 is 1.03 bits per heavy atom. The van der Waals surface area contributed by atoms with Crippen molar-refractivity contribution in [1.82, 2.24) is 9.97 Å². The summed E-state index contributed by atoms with van der Waals surface area (Å²) in [6, 6.07) is 13.9. The van der Waals surface area contributed by atoms with Crippen LogP contribution in [0.4, 0.5) is 21.7 Å². The zero-order chi connectivity index (χ0) is 22.0. The SMILES string of the molecule is NC(=O)c1cc(F)c(NC(C(N)=O)c2ccccc2)nc1Nc1ccc2ncsc2c1. The van der Waals surface area contributed by atoms with Gasteiger partial charge < -0.3 is 22.1 Å². The molecule has 2 aromatic heterocycles. The Bertz CT molecular complexity index is 1280. The van der Waals surface area contributed by atoms with Crippen LogP contribution in [0.25, 0.3) is 10.2 Å². The average Bonchev–Trinajstić information content (AvgIpc) is 3.21. The summed E-state index contributed by atoms with van der Waals surface area (Å²) in [5, 5.41) is 5.71. The highest BCUT2D eigenvalue weighted by atomic mass is 32.1. The number of amides is 2. The first kappa shape index (κ1) is 20.2.